The molecular weight excluding hydrogens is 316 g/mol. The van der Waals surface area contributed by atoms with Crippen molar-refractivity contribution in [3.05, 3.63) is 0 Å². The molecule has 1 aliphatic rings. The van der Waals surface area contributed by atoms with Gasteiger partial charge in [0, 0.05) is 13.0 Å². The van der Waals surface area contributed by atoms with Crippen LogP contribution < -0.4 is 0 Å². The van der Waals surface area contributed by atoms with Crippen LogP contribution in [0.1, 0.15) is 72.1 Å². The summed E-state index contributed by atoms with van der Waals surface area (Å²) >= 11 is 0. The van der Waals surface area contributed by atoms with Gasteiger partial charge in [0.2, 0.25) is 0 Å². The van der Waals surface area contributed by atoms with Crippen LogP contribution in [-0.2, 0) is 0 Å². The number of aliphatic hydroxyl groups excluding tert-OH is 1. The fraction of sp³-hybridized carbons (Fsp3) is 0.938. The van der Waals surface area contributed by atoms with E-state index in [1.807, 2.05) is 6.92 Å². The number of aliphatic imine (C=N–C) groups is 1. The smallest absolute Gasteiger partial charge is 0.0993 e. The van der Waals surface area contributed by atoms with Gasteiger partial charge in [0.15, 0.2) is 0 Å². The Morgan fingerprint density at radius 3 is 2.40 bits per heavy atom. The molecule has 1 N–H and O–H groups in total. The van der Waals surface area contributed by atoms with Gasteiger partial charge in [-0.3, -0.25) is 4.99 Å². The number of rotatable bonds is 10. The number of hydrogen-bond acceptors (Lipinski definition) is 3. The van der Waals surface area contributed by atoms with E-state index in [-0.39, 0.29) is 29.1 Å². The lowest BCUT2D eigenvalue weighted by molar-refractivity contribution is 0.100. The molecule has 20 heavy (non-hydrogen) atoms. The molecule has 1 heterocycles. The van der Waals surface area contributed by atoms with Gasteiger partial charge < -0.3 is 10.0 Å². The van der Waals surface area contributed by atoms with E-state index in [1.54, 1.807) is 0 Å². The molecule has 0 bridgehead atoms. The highest BCUT2D eigenvalue weighted by atomic mass is 79.9. The van der Waals surface area contributed by atoms with E-state index in [1.165, 1.54) is 44.4 Å². The van der Waals surface area contributed by atoms with E-state index in [2.05, 4.69) is 23.7 Å². The second-order valence-corrected chi connectivity index (χ2v) is 5.73. The van der Waals surface area contributed by atoms with Crippen molar-refractivity contribution < 1.29 is 5.11 Å². The Hall–Kier alpha value is -0.0900. The van der Waals surface area contributed by atoms with Gasteiger partial charge in [-0.05, 0) is 19.8 Å². The van der Waals surface area contributed by atoms with Crippen LogP contribution in [0.25, 0.3) is 0 Å². The van der Waals surface area contributed by atoms with Crippen molar-refractivity contribution >= 4 is 22.8 Å². The molecule has 2 unspecified atom stereocenters. The van der Waals surface area contributed by atoms with Crippen molar-refractivity contribution in [1.29, 1.82) is 0 Å². The minimum atomic E-state index is -0.266. The summed E-state index contributed by atoms with van der Waals surface area (Å²) in [6, 6.07) is 0.251. The normalized spacial score (nSPS) is 17.6. The Balaban J connectivity index is 0.00000361. The molecule has 0 aliphatic carbocycles. The maximum atomic E-state index is 9.86. The lowest BCUT2D eigenvalue weighted by atomic mass is 10.1. The molecule has 4 heteroatoms. The van der Waals surface area contributed by atoms with Crippen LogP contribution in [0.5, 0.6) is 0 Å². The number of nitrogens with zero attached hydrogens (tertiary/aromatic N) is 2. The summed E-state index contributed by atoms with van der Waals surface area (Å²) in [7, 11) is 0. The molecule has 0 amide bonds. The van der Waals surface area contributed by atoms with E-state index in [0.717, 1.165) is 25.9 Å². The van der Waals surface area contributed by atoms with E-state index < -0.39 is 0 Å². The molecule has 3 nitrogen and oxygen atoms in total. The zero-order valence-corrected chi connectivity index (χ0v) is 15.2. The van der Waals surface area contributed by atoms with Crippen LogP contribution in [0.15, 0.2) is 4.99 Å². The van der Waals surface area contributed by atoms with Gasteiger partial charge in [-0.15, -0.1) is 17.0 Å². The number of aliphatic hydroxyl groups is 1. The zero-order valence-electron chi connectivity index (χ0n) is 13.5. The van der Waals surface area contributed by atoms with E-state index in [0.29, 0.717) is 0 Å². The van der Waals surface area contributed by atoms with Crippen molar-refractivity contribution in [2.24, 2.45) is 4.99 Å². The van der Waals surface area contributed by atoms with Crippen LogP contribution in [0.3, 0.4) is 0 Å². The van der Waals surface area contributed by atoms with Crippen LogP contribution in [-0.4, -0.2) is 41.1 Å². The topological polar surface area (TPSA) is 35.8 Å². The van der Waals surface area contributed by atoms with Crippen LogP contribution in [0.2, 0.25) is 0 Å². The van der Waals surface area contributed by atoms with Gasteiger partial charge >= 0.3 is 0 Å². The van der Waals surface area contributed by atoms with Crippen LogP contribution >= 0.6 is 17.0 Å². The zero-order chi connectivity index (χ0) is 14.1. The summed E-state index contributed by atoms with van der Waals surface area (Å²) < 4.78 is 0. The van der Waals surface area contributed by atoms with Crippen molar-refractivity contribution in [2.75, 3.05) is 13.1 Å². The van der Waals surface area contributed by atoms with E-state index in [4.69, 9.17) is 0 Å². The van der Waals surface area contributed by atoms with E-state index in [9.17, 15) is 5.11 Å². The van der Waals surface area contributed by atoms with Crippen LogP contribution in [0.4, 0.5) is 0 Å². The first-order chi connectivity index (χ1) is 9.20. The molecule has 0 radical (unpaired) electrons. The second-order valence-electron chi connectivity index (χ2n) is 5.73. The molecule has 0 saturated heterocycles. The van der Waals surface area contributed by atoms with Crippen molar-refractivity contribution in [1.82, 2.24) is 4.90 Å². The summed E-state index contributed by atoms with van der Waals surface area (Å²) in [5.74, 6) is 1.24. The summed E-state index contributed by atoms with van der Waals surface area (Å²) in [6.07, 6.45) is 9.79. The maximum Gasteiger partial charge on any atom is 0.0993 e. The molecule has 1 aliphatic heterocycles. The Morgan fingerprint density at radius 2 is 1.80 bits per heavy atom. The second kappa shape index (κ2) is 11.6. The Labute approximate surface area is 135 Å². The fourth-order valence-corrected chi connectivity index (χ4v) is 2.97. The fourth-order valence-electron chi connectivity index (χ4n) is 2.97. The minimum absolute atomic E-state index is 0. The van der Waals surface area contributed by atoms with Crippen molar-refractivity contribution in [2.45, 2.75) is 84.3 Å². The Kier molecular flexibility index (Phi) is 11.5. The molecule has 1 rings (SSSR count). The van der Waals surface area contributed by atoms with Gasteiger partial charge in [0.1, 0.15) is 0 Å². The molecular formula is C16H33BrN2O. The monoisotopic (exact) mass is 348 g/mol. The largest absolute Gasteiger partial charge is 0.391 e. The lowest BCUT2D eigenvalue weighted by Gasteiger charge is -2.32. The van der Waals surface area contributed by atoms with Gasteiger partial charge in [-0.1, -0.05) is 46.0 Å². The molecule has 0 spiro atoms. The average Bonchev–Trinajstić information content (AvgIpc) is 2.82. The van der Waals surface area contributed by atoms with Crippen molar-refractivity contribution in [3.8, 4) is 0 Å². The minimum Gasteiger partial charge on any atom is -0.391 e. The quantitative estimate of drug-likeness (QED) is 0.601. The third kappa shape index (κ3) is 6.57. The Morgan fingerprint density at radius 1 is 1.15 bits per heavy atom. The third-order valence-corrected chi connectivity index (χ3v) is 4.10. The molecule has 0 aromatic heterocycles. The molecule has 120 valence electrons. The number of hydrogen-bond donors (Lipinski definition) is 1. The van der Waals surface area contributed by atoms with Crippen LogP contribution in [0, 0.1) is 0 Å². The van der Waals surface area contributed by atoms with Crippen molar-refractivity contribution in [3.63, 3.8) is 0 Å². The van der Waals surface area contributed by atoms with Gasteiger partial charge in [-0.25, -0.2) is 0 Å². The highest BCUT2D eigenvalue weighted by Crippen LogP contribution is 2.18. The van der Waals surface area contributed by atoms with Gasteiger partial charge in [0.05, 0.1) is 24.5 Å². The molecule has 0 aromatic rings. The molecule has 0 saturated carbocycles. The van der Waals surface area contributed by atoms with Gasteiger partial charge in [-0.2, -0.15) is 0 Å². The first-order valence-electron chi connectivity index (χ1n) is 8.18. The summed E-state index contributed by atoms with van der Waals surface area (Å²) in [6.45, 7) is 8.21. The first-order valence-corrected chi connectivity index (χ1v) is 8.18. The SMILES string of the molecule is Br.CCCCCCCCC1=NCCN1C(CC)C(C)O. The molecule has 0 fully saturated rings. The maximum absolute atomic E-state index is 9.86. The van der Waals surface area contributed by atoms with E-state index >= 15 is 0 Å². The number of halogens is 1. The third-order valence-electron chi connectivity index (χ3n) is 4.10. The van der Waals surface area contributed by atoms with Gasteiger partial charge in [0.25, 0.3) is 0 Å². The number of unbranched alkanes of at least 4 members (excludes halogenated alkanes) is 5. The lowest BCUT2D eigenvalue weighted by Crippen LogP contribution is -2.44. The Bertz CT molecular complexity index is 269. The average molecular weight is 349 g/mol. The summed E-state index contributed by atoms with van der Waals surface area (Å²) in [5, 5.41) is 9.86. The number of amidine groups is 1. The molecule has 2 atom stereocenters. The standard InChI is InChI=1S/C16H32N2O.BrH/c1-4-6-7-8-9-10-11-16-17-12-13-18(16)15(5-2)14(3)19;/h14-15,19H,4-13H2,1-3H3;1H. The highest BCUT2D eigenvalue weighted by Gasteiger charge is 2.26. The predicted molar refractivity (Wildman–Crippen MR) is 93.1 cm³/mol. The predicted octanol–water partition coefficient (Wildman–Crippen LogP) is 4.19. The molecule has 0 aromatic carbocycles. The summed E-state index contributed by atoms with van der Waals surface area (Å²) in [4.78, 5) is 6.98. The first kappa shape index (κ1) is 19.9. The highest BCUT2D eigenvalue weighted by molar-refractivity contribution is 8.93. The summed E-state index contributed by atoms with van der Waals surface area (Å²) in [5.41, 5.74) is 0.